The van der Waals surface area contributed by atoms with Gasteiger partial charge in [-0.25, -0.2) is 0 Å². The van der Waals surface area contributed by atoms with E-state index in [0.717, 1.165) is 22.5 Å². The Bertz CT molecular complexity index is 1000. The van der Waals surface area contributed by atoms with Crippen LogP contribution in [0.2, 0.25) is 0 Å². The van der Waals surface area contributed by atoms with Gasteiger partial charge >= 0.3 is 0 Å². The van der Waals surface area contributed by atoms with Crippen molar-refractivity contribution in [3.63, 3.8) is 0 Å². The van der Waals surface area contributed by atoms with Crippen molar-refractivity contribution < 1.29 is 9.59 Å². The van der Waals surface area contributed by atoms with Crippen LogP contribution in [0.1, 0.15) is 26.9 Å². The zero-order valence-electron chi connectivity index (χ0n) is 15.5. The number of carbonyl (C=O) groups is 2. The van der Waals surface area contributed by atoms with Gasteiger partial charge in [0.2, 0.25) is 5.91 Å². The van der Waals surface area contributed by atoms with Gasteiger partial charge in [0.1, 0.15) is 5.37 Å². The first kappa shape index (κ1) is 18.3. The van der Waals surface area contributed by atoms with Gasteiger partial charge in [-0.1, -0.05) is 48.5 Å². The Balaban J connectivity index is 1.54. The molecule has 1 aliphatic heterocycles. The summed E-state index contributed by atoms with van der Waals surface area (Å²) in [5.41, 5.74) is 4.42. The number of hydrogen-bond donors (Lipinski definition) is 1. The van der Waals surface area contributed by atoms with Crippen molar-refractivity contribution in [2.75, 3.05) is 16.0 Å². The predicted molar refractivity (Wildman–Crippen MR) is 115 cm³/mol. The fourth-order valence-corrected chi connectivity index (χ4v) is 4.46. The highest BCUT2D eigenvalue weighted by Gasteiger charge is 2.34. The second-order valence-electron chi connectivity index (χ2n) is 6.66. The van der Waals surface area contributed by atoms with E-state index in [1.54, 1.807) is 23.9 Å². The minimum Gasteiger partial charge on any atom is -0.322 e. The summed E-state index contributed by atoms with van der Waals surface area (Å²) in [6.07, 6.45) is 0. The Labute approximate surface area is 168 Å². The van der Waals surface area contributed by atoms with Crippen LogP contribution in [-0.4, -0.2) is 17.6 Å². The zero-order valence-corrected chi connectivity index (χ0v) is 16.3. The molecule has 0 radical (unpaired) electrons. The third-order valence-electron chi connectivity index (χ3n) is 4.73. The third-order valence-corrected chi connectivity index (χ3v) is 5.94. The molecule has 0 aromatic heterocycles. The number of anilines is 2. The second kappa shape index (κ2) is 7.90. The quantitative estimate of drug-likeness (QED) is 0.682. The van der Waals surface area contributed by atoms with Gasteiger partial charge in [0.05, 0.1) is 5.75 Å². The van der Waals surface area contributed by atoms with Crippen LogP contribution in [-0.2, 0) is 4.79 Å². The van der Waals surface area contributed by atoms with Crippen LogP contribution in [0.5, 0.6) is 0 Å². The molecule has 1 heterocycles. The maximum absolute atomic E-state index is 12.5. The molecule has 1 N–H and O–H groups in total. The summed E-state index contributed by atoms with van der Waals surface area (Å²) in [5, 5.41) is 2.85. The molecule has 5 heteroatoms. The van der Waals surface area contributed by atoms with Gasteiger partial charge in [-0.2, -0.15) is 0 Å². The zero-order chi connectivity index (χ0) is 19.5. The number of nitrogens with one attached hydrogen (secondary N) is 1. The van der Waals surface area contributed by atoms with Crippen molar-refractivity contribution in [1.82, 2.24) is 0 Å². The maximum Gasteiger partial charge on any atom is 0.255 e. The van der Waals surface area contributed by atoms with Gasteiger partial charge in [-0.05, 0) is 48.4 Å². The molecule has 4 nitrogen and oxygen atoms in total. The van der Waals surface area contributed by atoms with E-state index in [-0.39, 0.29) is 17.2 Å². The van der Waals surface area contributed by atoms with Crippen LogP contribution in [0.25, 0.3) is 0 Å². The Morgan fingerprint density at radius 1 is 0.964 bits per heavy atom. The van der Waals surface area contributed by atoms with Crippen LogP contribution < -0.4 is 10.2 Å². The van der Waals surface area contributed by atoms with Crippen molar-refractivity contribution in [1.29, 1.82) is 0 Å². The summed E-state index contributed by atoms with van der Waals surface area (Å²) in [6, 6.07) is 24.8. The Hall–Kier alpha value is -3.05. The molecular weight excluding hydrogens is 368 g/mol. The standard InChI is InChI=1S/C23H20N2O2S/c1-16-7-5-6-10-20(16)25-21(26)15-28-23(25)18-11-13-19(14-12-18)24-22(27)17-8-3-2-4-9-17/h2-14,23H,15H2,1H3,(H,24,27)/t23-/m0/s1. The molecule has 140 valence electrons. The van der Waals surface area contributed by atoms with Crippen molar-refractivity contribution in [3.05, 3.63) is 95.6 Å². The normalized spacial score (nSPS) is 16.2. The average Bonchev–Trinajstić information content (AvgIpc) is 3.11. The minimum absolute atomic E-state index is 0.0625. The van der Waals surface area contributed by atoms with E-state index < -0.39 is 0 Å². The summed E-state index contributed by atoms with van der Waals surface area (Å²) >= 11 is 1.62. The van der Waals surface area contributed by atoms with Gasteiger partial charge in [-0.3, -0.25) is 14.5 Å². The SMILES string of the molecule is Cc1ccccc1N1C(=O)CS[C@H]1c1ccc(NC(=O)c2ccccc2)cc1. The molecule has 3 aromatic rings. The van der Waals surface area contributed by atoms with Crippen LogP contribution in [0.4, 0.5) is 11.4 Å². The highest BCUT2D eigenvalue weighted by Crippen LogP contribution is 2.42. The Morgan fingerprint density at radius 2 is 1.64 bits per heavy atom. The largest absolute Gasteiger partial charge is 0.322 e. The number of thioether (sulfide) groups is 1. The molecule has 0 aliphatic carbocycles. The molecule has 0 bridgehead atoms. The van der Waals surface area contributed by atoms with Crippen LogP contribution >= 0.6 is 11.8 Å². The number of carbonyl (C=O) groups excluding carboxylic acids is 2. The monoisotopic (exact) mass is 388 g/mol. The van der Waals surface area contributed by atoms with Gasteiger partial charge < -0.3 is 5.32 Å². The molecule has 1 fully saturated rings. The first-order valence-corrected chi connectivity index (χ1v) is 10.1. The van der Waals surface area contributed by atoms with E-state index >= 15 is 0 Å². The lowest BCUT2D eigenvalue weighted by Gasteiger charge is -2.26. The smallest absolute Gasteiger partial charge is 0.255 e. The van der Waals surface area contributed by atoms with Gasteiger partial charge in [0.25, 0.3) is 5.91 Å². The Morgan fingerprint density at radius 3 is 2.36 bits per heavy atom. The van der Waals surface area contributed by atoms with Gasteiger partial charge in [0.15, 0.2) is 0 Å². The summed E-state index contributed by atoms with van der Waals surface area (Å²) in [4.78, 5) is 26.7. The number of para-hydroxylation sites is 1. The van der Waals surface area contributed by atoms with E-state index in [2.05, 4.69) is 5.32 Å². The number of nitrogens with zero attached hydrogens (tertiary/aromatic N) is 1. The number of aryl methyl sites for hydroxylation is 1. The van der Waals surface area contributed by atoms with Crippen LogP contribution in [0.3, 0.4) is 0 Å². The first-order chi connectivity index (χ1) is 13.6. The number of rotatable bonds is 4. The third kappa shape index (κ3) is 3.66. The number of benzene rings is 3. The topological polar surface area (TPSA) is 49.4 Å². The van der Waals surface area contributed by atoms with E-state index in [0.29, 0.717) is 11.3 Å². The molecule has 0 saturated carbocycles. The molecule has 0 spiro atoms. The molecule has 4 rings (SSSR count). The summed E-state index contributed by atoms with van der Waals surface area (Å²) in [7, 11) is 0. The van der Waals surface area contributed by atoms with Crippen LogP contribution in [0, 0.1) is 6.92 Å². The van der Waals surface area contributed by atoms with Crippen molar-refractivity contribution >= 4 is 35.0 Å². The maximum atomic E-state index is 12.5. The highest BCUT2D eigenvalue weighted by molar-refractivity contribution is 8.00. The molecular formula is C23H20N2O2S. The van der Waals surface area contributed by atoms with E-state index in [1.165, 1.54) is 0 Å². The number of hydrogen-bond acceptors (Lipinski definition) is 3. The minimum atomic E-state index is -0.139. The predicted octanol–water partition coefficient (Wildman–Crippen LogP) is 5.03. The van der Waals surface area contributed by atoms with E-state index in [9.17, 15) is 9.59 Å². The van der Waals surface area contributed by atoms with Gasteiger partial charge in [0, 0.05) is 16.9 Å². The second-order valence-corrected chi connectivity index (χ2v) is 7.72. The molecule has 1 aliphatic rings. The lowest BCUT2D eigenvalue weighted by Crippen LogP contribution is -2.28. The van der Waals surface area contributed by atoms with Crippen molar-refractivity contribution in [2.24, 2.45) is 0 Å². The summed E-state index contributed by atoms with van der Waals surface area (Å²) in [6.45, 7) is 2.02. The first-order valence-electron chi connectivity index (χ1n) is 9.09. The fourth-order valence-electron chi connectivity index (χ4n) is 3.29. The Kier molecular flexibility index (Phi) is 5.17. The summed E-state index contributed by atoms with van der Waals surface area (Å²) in [5.74, 6) is 0.442. The highest BCUT2D eigenvalue weighted by atomic mass is 32.2. The molecule has 3 aromatic carbocycles. The fraction of sp³-hybridized carbons (Fsp3) is 0.130. The van der Waals surface area contributed by atoms with Crippen LogP contribution in [0.15, 0.2) is 78.9 Å². The summed E-state index contributed by atoms with van der Waals surface area (Å²) < 4.78 is 0. The molecule has 0 unspecified atom stereocenters. The van der Waals surface area contributed by atoms with Crippen molar-refractivity contribution in [3.8, 4) is 0 Å². The average molecular weight is 388 g/mol. The number of amides is 2. The van der Waals surface area contributed by atoms with E-state index in [4.69, 9.17) is 0 Å². The lowest BCUT2D eigenvalue weighted by atomic mass is 10.1. The van der Waals surface area contributed by atoms with E-state index in [1.807, 2.05) is 78.6 Å². The lowest BCUT2D eigenvalue weighted by molar-refractivity contribution is -0.115. The van der Waals surface area contributed by atoms with Crippen molar-refractivity contribution in [2.45, 2.75) is 12.3 Å². The molecule has 2 amide bonds. The molecule has 1 atom stereocenters. The molecule has 1 saturated heterocycles. The molecule has 28 heavy (non-hydrogen) atoms. The van der Waals surface area contributed by atoms with Gasteiger partial charge in [-0.15, -0.1) is 11.8 Å².